The minimum Gasteiger partial charge on any atom is -0.477 e. The molecular weight excluding hydrogens is 192 g/mol. The molecule has 14 heavy (non-hydrogen) atoms. The number of hydrogen-bond donors (Lipinski definition) is 2. The van der Waals surface area contributed by atoms with Crippen molar-refractivity contribution in [1.29, 1.82) is 0 Å². The average Bonchev–Trinajstić information content (AvgIpc) is 1.99. The fraction of sp³-hybridized carbons (Fsp3) is 0.375. The molecule has 0 aromatic carbocycles. The Morgan fingerprint density at radius 1 is 1.07 bits per heavy atom. The molecule has 0 aliphatic heterocycles. The van der Waals surface area contributed by atoms with Crippen molar-refractivity contribution in [2.24, 2.45) is 0 Å². The summed E-state index contributed by atoms with van der Waals surface area (Å²) in [6.07, 6.45) is 0. The van der Waals surface area contributed by atoms with Crippen LogP contribution in [0.3, 0.4) is 0 Å². The molecule has 0 unspecified atom stereocenters. The van der Waals surface area contributed by atoms with E-state index in [1.165, 1.54) is 6.92 Å². The van der Waals surface area contributed by atoms with E-state index in [0.29, 0.717) is 0 Å². The van der Waals surface area contributed by atoms with Crippen LogP contribution in [-0.2, 0) is 19.1 Å². The molecule has 0 radical (unpaired) electrons. The Kier molecular flexibility index (Phi) is 4.34. The first kappa shape index (κ1) is 12.2. The van der Waals surface area contributed by atoms with Crippen molar-refractivity contribution < 1.29 is 29.3 Å². The molecule has 0 amide bonds. The van der Waals surface area contributed by atoms with Crippen LogP contribution in [0.2, 0.25) is 0 Å². The molecule has 6 heteroatoms. The molecule has 0 rings (SSSR count). The van der Waals surface area contributed by atoms with Crippen LogP contribution < -0.4 is 0 Å². The van der Waals surface area contributed by atoms with Crippen LogP contribution in [0.4, 0.5) is 0 Å². The first-order valence-electron chi connectivity index (χ1n) is 3.66. The third kappa shape index (κ3) is 3.70. The van der Waals surface area contributed by atoms with E-state index in [1.807, 2.05) is 0 Å². The summed E-state index contributed by atoms with van der Waals surface area (Å²) in [6.45, 7) is 2.10. The average molecular weight is 202 g/mol. The van der Waals surface area contributed by atoms with Gasteiger partial charge in [0.1, 0.15) is 12.2 Å². The Balaban J connectivity index is 4.74. The second-order valence-electron chi connectivity index (χ2n) is 2.55. The summed E-state index contributed by atoms with van der Waals surface area (Å²) in [7, 11) is 0. The van der Waals surface area contributed by atoms with Gasteiger partial charge in [0.2, 0.25) is 0 Å². The number of carboxylic acid groups (broad SMARTS) is 2. The van der Waals surface area contributed by atoms with E-state index in [4.69, 9.17) is 10.2 Å². The van der Waals surface area contributed by atoms with E-state index in [0.717, 1.165) is 6.92 Å². The lowest BCUT2D eigenvalue weighted by molar-refractivity contribution is -0.143. The number of hydrogen-bond acceptors (Lipinski definition) is 4. The first-order valence-corrected chi connectivity index (χ1v) is 3.66. The van der Waals surface area contributed by atoms with Gasteiger partial charge in [-0.2, -0.15) is 0 Å². The maximum Gasteiger partial charge on any atom is 0.343 e. The summed E-state index contributed by atoms with van der Waals surface area (Å²) < 4.78 is 4.46. The summed E-state index contributed by atoms with van der Waals surface area (Å²) >= 11 is 0. The minimum absolute atomic E-state index is 0.0137. The summed E-state index contributed by atoms with van der Waals surface area (Å²) in [5.41, 5.74) is -0.786. The molecule has 2 N–H and O–H groups in total. The van der Waals surface area contributed by atoms with Gasteiger partial charge in [0.25, 0.3) is 0 Å². The summed E-state index contributed by atoms with van der Waals surface area (Å²) in [5, 5.41) is 17.0. The van der Waals surface area contributed by atoms with Crippen LogP contribution in [0.15, 0.2) is 11.1 Å². The molecule has 0 fully saturated rings. The Hall–Kier alpha value is -1.85. The number of aliphatic carboxylic acids is 2. The van der Waals surface area contributed by atoms with Gasteiger partial charge in [-0.3, -0.25) is 4.79 Å². The predicted molar refractivity (Wildman–Crippen MR) is 44.6 cm³/mol. The van der Waals surface area contributed by atoms with Crippen molar-refractivity contribution >= 4 is 17.9 Å². The lowest BCUT2D eigenvalue weighted by Crippen LogP contribution is -2.16. The maximum absolute atomic E-state index is 10.4. The number of carbonyl (C=O) groups excluding carboxylic acids is 1. The summed E-state index contributed by atoms with van der Waals surface area (Å²) in [5.74, 6) is -3.70. The lowest BCUT2D eigenvalue weighted by Gasteiger charge is -2.04. The van der Waals surface area contributed by atoms with Crippen molar-refractivity contribution in [3.63, 3.8) is 0 Å². The molecule has 0 saturated heterocycles. The third-order valence-electron chi connectivity index (χ3n) is 1.35. The van der Waals surface area contributed by atoms with E-state index >= 15 is 0 Å². The molecule has 0 saturated carbocycles. The highest BCUT2D eigenvalue weighted by Crippen LogP contribution is 2.05. The van der Waals surface area contributed by atoms with Gasteiger partial charge in [-0.1, -0.05) is 0 Å². The fourth-order valence-corrected chi connectivity index (χ4v) is 0.739. The van der Waals surface area contributed by atoms with Gasteiger partial charge in [0.05, 0.1) is 0 Å². The first-order chi connectivity index (χ1) is 6.36. The predicted octanol–water partition coefficient (Wildman–Crippen LogP) is 0.0352. The Morgan fingerprint density at radius 3 is 1.79 bits per heavy atom. The van der Waals surface area contributed by atoms with Crippen LogP contribution in [0, 0.1) is 0 Å². The minimum atomic E-state index is -1.55. The van der Waals surface area contributed by atoms with E-state index in [9.17, 15) is 14.4 Å². The largest absolute Gasteiger partial charge is 0.477 e. The maximum atomic E-state index is 10.4. The number of ether oxygens (including phenoxy) is 1. The van der Waals surface area contributed by atoms with Gasteiger partial charge in [-0.25, -0.2) is 9.59 Å². The van der Waals surface area contributed by atoms with E-state index in [-0.39, 0.29) is 12.2 Å². The molecule has 0 bridgehead atoms. The van der Waals surface area contributed by atoms with Crippen molar-refractivity contribution in [2.75, 3.05) is 6.61 Å². The van der Waals surface area contributed by atoms with Gasteiger partial charge in [-0.15, -0.1) is 0 Å². The SMILES string of the molecule is CC(=O)OCC(C)=C(C(=O)O)C(=O)O. The van der Waals surface area contributed by atoms with E-state index in [2.05, 4.69) is 4.74 Å². The topological polar surface area (TPSA) is 101 Å². The quantitative estimate of drug-likeness (QED) is 0.289. The standard InChI is InChI=1S/C8H10O6/c1-4(3-14-5(2)9)6(7(10)11)8(12)13/h3H2,1-2H3,(H,10,11)(H,12,13). The Labute approximate surface area is 79.8 Å². The highest BCUT2D eigenvalue weighted by Gasteiger charge is 2.19. The molecule has 0 aromatic heterocycles. The Morgan fingerprint density at radius 2 is 1.50 bits per heavy atom. The number of esters is 1. The molecule has 0 spiro atoms. The zero-order valence-corrected chi connectivity index (χ0v) is 7.73. The molecule has 0 aromatic rings. The zero-order chi connectivity index (χ0) is 11.3. The molecule has 0 aliphatic carbocycles. The Bertz CT molecular complexity index is 285. The zero-order valence-electron chi connectivity index (χ0n) is 7.73. The van der Waals surface area contributed by atoms with Gasteiger partial charge < -0.3 is 14.9 Å². The van der Waals surface area contributed by atoms with Crippen LogP contribution in [0.1, 0.15) is 13.8 Å². The van der Waals surface area contributed by atoms with Crippen molar-refractivity contribution in [1.82, 2.24) is 0 Å². The van der Waals surface area contributed by atoms with Crippen LogP contribution in [0.25, 0.3) is 0 Å². The molecule has 0 heterocycles. The molecule has 0 atom stereocenters. The highest BCUT2D eigenvalue weighted by atomic mass is 16.5. The third-order valence-corrected chi connectivity index (χ3v) is 1.35. The van der Waals surface area contributed by atoms with E-state index < -0.39 is 23.5 Å². The summed E-state index contributed by atoms with van der Waals surface area (Å²) in [6, 6.07) is 0. The van der Waals surface area contributed by atoms with Gasteiger partial charge in [-0.05, 0) is 12.5 Å². The highest BCUT2D eigenvalue weighted by molar-refractivity contribution is 6.13. The van der Waals surface area contributed by atoms with E-state index in [1.54, 1.807) is 0 Å². The molecule has 6 nitrogen and oxygen atoms in total. The van der Waals surface area contributed by atoms with Crippen molar-refractivity contribution in [2.45, 2.75) is 13.8 Å². The number of carbonyl (C=O) groups is 3. The molecular formula is C8H10O6. The number of carboxylic acids is 2. The van der Waals surface area contributed by atoms with Gasteiger partial charge in [0, 0.05) is 6.92 Å². The van der Waals surface area contributed by atoms with Gasteiger partial charge >= 0.3 is 17.9 Å². The summed E-state index contributed by atoms with van der Waals surface area (Å²) in [4.78, 5) is 31.3. The normalized spacial score (nSPS) is 9.00. The van der Waals surface area contributed by atoms with Crippen LogP contribution in [0.5, 0.6) is 0 Å². The second kappa shape index (κ2) is 5.00. The van der Waals surface area contributed by atoms with Crippen molar-refractivity contribution in [3.8, 4) is 0 Å². The van der Waals surface area contributed by atoms with Gasteiger partial charge in [0.15, 0.2) is 0 Å². The van der Waals surface area contributed by atoms with Crippen LogP contribution in [-0.4, -0.2) is 34.7 Å². The molecule has 0 aliphatic rings. The second-order valence-corrected chi connectivity index (χ2v) is 2.55. The monoisotopic (exact) mass is 202 g/mol. The number of rotatable bonds is 4. The van der Waals surface area contributed by atoms with Crippen LogP contribution >= 0.6 is 0 Å². The lowest BCUT2D eigenvalue weighted by atomic mass is 10.1. The molecule has 78 valence electrons. The van der Waals surface area contributed by atoms with Crippen molar-refractivity contribution in [3.05, 3.63) is 11.1 Å². The smallest absolute Gasteiger partial charge is 0.343 e. The fourth-order valence-electron chi connectivity index (χ4n) is 0.739.